The van der Waals surface area contributed by atoms with Crippen LogP contribution in [0.2, 0.25) is 0 Å². The second-order valence-corrected chi connectivity index (χ2v) is 5.29. The molecule has 0 saturated heterocycles. The number of aliphatic hydroxyl groups excluding tert-OH is 3. The zero-order valence-corrected chi connectivity index (χ0v) is 8.97. The fourth-order valence-corrected chi connectivity index (χ4v) is 2.31. The summed E-state index contributed by atoms with van der Waals surface area (Å²) in [7, 11) is 1.31. The van der Waals surface area contributed by atoms with E-state index < -0.39 is 26.4 Å². The van der Waals surface area contributed by atoms with E-state index in [0.717, 1.165) is 0 Å². The SMILES string of the molecule is CN(C)CC(O)[PH](=O)CC(O)CO. The Labute approximate surface area is 78.8 Å². The Morgan fingerprint density at radius 1 is 1.38 bits per heavy atom. The van der Waals surface area contributed by atoms with Crippen LogP contribution in [0.5, 0.6) is 0 Å². The summed E-state index contributed by atoms with van der Waals surface area (Å²) in [5, 5.41) is 26.8. The van der Waals surface area contributed by atoms with E-state index in [1.165, 1.54) is 0 Å². The van der Waals surface area contributed by atoms with E-state index in [2.05, 4.69) is 0 Å². The van der Waals surface area contributed by atoms with Gasteiger partial charge in [-0.15, -0.1) is 0 Å². The van der Waals surface area contributed by atoms with Crippen LogP contribution in [0.3, 0.4) is 0 Å². The second kappa shape index (κ2) is 6.51. The van der Waals surface area contributed by atoms with E-state index in [0.29, 0.717) is 6.54 Å². The lowest BCUT2D eigenvalue weighted by molar-refractivity contribution is 0.110. The van der Waals surface area contributed by atoms with E-state index in [-0.39, 0.29) is 6.16 Å². The van der Waals surface area contributed by atoms with E-state index >= 15 is 0 Å². The molecule has 3 atom stereocenters. The highest BCUT2D eigenvalue weighted by Gasteiger charge is 2.17. The molecule has 0 aliphatic rings. The third kappa shape index (κ3) is 6.18. The minimum absolute atomic E-state index is 0.0177. The largest absolute Gasteiger partial charge is 0.394 e. The van der Waals surface area contributed by atoms with Crippen LogP contribution in [0.15, 0.2) is 0 Å². The molecule has 0 aromatic rings. The third-order valence-corrected chi connectivity index (χ3v) is 3.36. The second-order valence-electron chi connectivity index (χ2n) is 3.28. The quantitative estimate of drug-likeness (QED) is 0.480. The maximum Gasteiger partial charge on any atom is 0.117 e. The first-order chi connectivity index (χ1) is 5.97. The lowest BCUT2D eigenvalue weighted by Gasteiger charge is -2.16. The van der Waals surface area contributed by atoms with Crippen molar-refractivity contribution in [3.63, 3.8) is 0 Å². The summed E-state index contributed by atoms with van der Waals surface area (Å²) in [4.78, 5) is 1.72. The number of rotatable bonds is 6. The maximum atomic E-state index is 11.3. The van der Waals surface area contributed by atoms with Crippen LogP contribution in [0, 0.1) is 0 Å². The molecule has 0 aromatic heterocycles. The van der Waals surface area contributed by atoms with Crippen molar-refractivity contribution < 1.29 is 19.9 Å². The molecule has 3 unspecified atom stereocenters. The highest BCUT2D eigenvalue weighted by atomic mass is 31.1. The van der Waals surface area contributed by atoms with Gasteiger partial charge in [0, 0.05) is 12.7 Å². The predicted octanol–water partition coefficient (Wildman–Crippen LogP) is -1.22. The summed E-state index contributed by atoms with van der Waals surface area (Å²) in [6.07, 6.45) is -1.00. The molecule has 0 bridgehead atoms. The normalized spacial score (nSPS) is 18.6. The summed E-state index contributed by atoms with van der Waals surface area (Å²) >= 11 is 0. The van der Waals surface area contributed by atoms with Crippen molar-refractivity contribution in [1.29, 1.82) is 0 Å². The Bertz CT molecular complexity index is 165. The Kier molecular flexibility index (Phi) is 6.55. The molecule has 0 aliphatic carbocycles. The van der Waals surface area contributed by atoms with Gasteiger partial charge in [0.1, 0.15) is 13.6 Å². The van der Waals surface area contributed by atoms with Gasteiger partial charge in [-0.1, -0.05) is 0 Å². The summed E-state index contributed by atoms with van der Waals surface area (Å²) in [5.41, 5.74) is 0. The number of likely N-dealkylation sites (N-methyl/N-ethyl adjacent to an activating group) is 1. The molecule has 0 aliphatic heterocycles. The van der Waals surface area contributed by atoms with Crippen LogP contribution in [0.1, 0.15) is 0 Å². The van der Waals surface area contributed by atoms with Gasteiger partial charge in [0.25, 0.3) is 0 Å². The molecule has 80 valence electrons. The fourth-order valence-electron chi connectivity index (χ4n) is 0.881. The molecular weight excluding hydrogens is 193 g/mol. The van der Waals surface area contributed by atoms with Gasteiger partial charge in [-0.05, 0) is 14.1 Å². The fraction of sp³-hybridized carbons (Fsp3) is 1.00. The van der Waals surface area contributed by atoms with Crippen molar-refractivity contribution in [2.75, 3.05) is 33.4 Å². The molecule has 0 aromatic carbocycles. The van der Waals surface area contributed by atoms with Gasteiger partial charge in [-0.2, -0.15) is 0 Å². The molecule has 0 rings (SSSR count). The van der Waals surface area contributed by atoms with Crippen molar-refractivity contribution in [2.45, 2.75) is 11.9 Å². The molecule has 0 spiro atoms. The topological polar surface area (TPSA) is 81.0 Å². The first kappa shape index (κ1) is 13.1. The van der Waals surface area contributed by atoms with Crippen LogP contribution >= 0.6 is 7.80 Å². The van der Waals surface area contributed by atoms with Gasteiger partial charge >= 0.3 is 0 Å². The smallest absolute Gasteiger partial charge is 0.117 e. The molecule has 0 heterocycles. The Morgan fingerprint density at radius 2 is 1.92 bits per heavy atom. The van der Waals surface area contributed by atoms with Crippen molar-refractivity contribution in [1.82, 2.24) is 4.90 Å². The maximum absolute atomic E-state index is 11.3. The average Bonchev–Trinajstić information content (AvgIpc) is 2.02. The summed E-state index contributed by atoms with van der Waals surface area (Å²) < 4.78 is 11.3. The zero-order chi connectivity index (χ0) is 10.4. The van der Waals surface area contributed by atoms with Crippen molar-refractivity contribution in [2.24, 2.45) is 0 Å². The summed E-state index contributed by atoms with van der Waals surface area (Å²) in [6, 6.07) is 0. The Hall–Kier alpha value is 0.0700. The van der Waals surface area contributed by atoms with Crippen molar-refractivity contribution in [3.8, 4) is 0 Å². The molecular formula is C7H18NO4P. The predicted molar refractivity (Wildman–Crippen MR) is 51.5 cm³/mol. The first-order valence-electron chi connectivity index (χ1n) is 4.11. The molecule has 0 radical (unpaired) electrons. The number of nitrogens with zero attached hydrogens (tertiary/aromatic N) is 1. The monoisotopic (exact) mass is 211 g/mol. The summed E-state index contributed by atoms with van der Waals surface area (Å²) in [5.74, 6) is -0.902. The molecule has 0 fully saturated rings. The lowest BCUT2D eigenvalue weighted by Crippen LogP contribution is -2.25. The molecule has 6 heteroatoms. The van der Waals surface area contributed by atoms with Crippen LogP contribution < -0.4 is 0 Å². The number of hydrogen-bond donors (Lipinski definition) is 3. The van der Waals surface area contributed by atoms with E-state index in [9.17, 15) is 9.67 Å². The number of hydrogen-bond acceptors (Lipinski definition) is 5. The lowest BCUT2D eigenvalue weighted by atomic mass is 10.4. The summed E-state index contributed by atoms with van der Waals surface area (Å²) in [6.45, 7) is -0.0962. The van der Waals surface area contributed by atoms with Crippen molar-refractivity contribution in [3.05, 3.63) is 0 Å². The average molecular weight is 211 g/mol. The van der Waals surface area contributed by atoms with Crippen LogP contribution in [0.4, 0.5) is 0 Å². The van der Waals surface area contributed by atoms with E-state index in [1.54, 1.807) is 19.0 Å². The standard InChI is InChI=1S/C7H18NO4P/c1-8(2)3-7(11)13(12)5-6(10)4-9/h6-7,9-11,13H,3-5H2,1-2H3. The van der Waals surface area contributed by atoms with Gasteiger partial charge in [0.15, 0.2) is 0 Å². The Morgan fingerprint density at radius 3 is 2.31 bits per heavy atom. The molecule has 13 heavy (non-hydrogen) atoms. The van der Waals surface area contributed by atoms with Crippen LogP contribution in [-0.4, -0.2) is 65.6 Å². The molecule has 3 N–H and O–H groups in total. The molecule has 5 nitrogen and oxygen atoms in total. The first-order valence-corrected chi connectivity index (χ1v) is 5.81. The minimum atomic E-state index is -2.22. The highest BCUT2D eigenvalue weighted by Crippen LogP contribution is 2.27. The van der Waals surface area contributed by atoms with Gasteiger partial charge in [0.05, 0.1) is 12.7 Å². The van der Waals surface area contributed by atoms with E-state index in [1.807, 2.05) is 0 Å². The van der Waals surface area contributed by atoms with Gasteiger partial charge in [-0.25, -0.2) is 0 Å². The highest BCUT2D eigenvalue weighted by molar-refractivity contribution is 7.45. The van der Waals surface area contributed by atoms with Gasteiger partial charge < -0.3 is 24.8 Å². The van der Waals surface area contributed by atoms with E-state index in [4.69, 9.17) is 10.2 Å². The van der Waals surface area contributed by atoms with Gasteiger partial charge in [-0.3, -0.25) is 0 Å². The Balaban J connectivity index is 3.82. The minimum Gasteiger partial charge on any atom is -0.394 e. The zero-order valence-electron chi connectivity index (χ0n) is 7.97. The van der Waals surface area contributed by atoms with Gasteiger partial charge in [0.2, 0.25) is 0 Å². The molecule has 0 saturated carbocycles. The third-order valence-electron chi connectivity index (χ3n) is 1.56. The van der Waals surface area contributed by atoms with Crippen LogP contribution in [0.25, 0.3) is 0 Å². The van der Waals surface area contributed by atoms with Crippen LogP contribution in [-0.2, 0) is 4.57 Å². The van der Waals surface area contributed by atoms with Crippen molar-refractivity contribution >= 4 is 7.80 Å². The number of aliphatic hydroxyl groups is 3. The molecule has 0 amide bonds.